The lowest BCUT2D eigenvalue weighted by Crippen LogP contribution is -2.45. The van der Waals surface area contributed by atoms with E-state index in [4.69, 9.17) is 5.53 Å². The molecule has 6 nitrogen and oxygen atoms in total. The van der Waals surface area contributed by atoms with Crippen molar-refractivity contribution >= 4 is 6.03 Å². The molecule has 0 atom stereocenters. The van der Waals surface area contributed by atoms with Gasteiger partial charge < -0.3 is 10.6 Å². The van der Waals surface area contributed by atoms with Gasteiger partial charge in [-0.1, -0.05) is 5.11 Å². The van der Waals surface area contributed by atoms with Gasteiger partial charge in [0.2, 0.25) is 0 Å². The van der Waals surface area contributed by atoms with Gasteiger partial charge in [0.1, 0.15) is 0 Å². The third-order valence-electron chi connectivity index (χ3n) is 2.00. The second-order valence-corrected chi connectivity index (χ2v) is 2.98. The van der Waals surface area contributed by atoms with Crippen LogP contribution in [0.4, 0.5) is 4.79 Å². The zero-order valence-corrected chi connectivity index (χ0v) is 7.36. The lowest BCUT2D eigenvalue weighted by Gasteiger charge is -2.26. The molecule has 1 rings (SSSR count). The van der Waals surface area contributed by atoms with Gasteiger partial charge in [-0.05, 0) is 24.8 Å². The quantitative estimate of drug-likeness (QED) is 0.291. The summed E-state index contributed by atoms with van der Waals surface area (Å²) in [4.78, 5) is 13.6. The first-order chi connectivity index (χ1) is 6.33. The second kappa shape index (κ2) is 5.27. The van der Waals surface area contributed by atoms with Crippen molar-refractivity contribution in [1.82, 2.24) is 10.6 Å². The van der Waals surface area contributed by atoms with Crippen molar-refractivity contribution in [3.8, 4) is 0 Å². The summed E-state index contributed by atoms with van der Waals surface area (Å²) in [7, 11) is 0. The average Bonchev–Trinajstić information content (AvgIpc) is 2.06. The van der Waals surface area contributed by atoms with Gasteiger partial charge in [-0.2, -0.15) is 0 Å². The van der Waals surface area contributed by atoms with Crippen LogP contribution in [0.1, 0.15) is 19.3 Å². The van der Waals surface area contributed by atoms with Crippen molar-refractivity contribution in [2.24, 2.45) is 5.11 Å². The Kier molecular flexibility index (Phi) is 3.92. The number of rotatable bonds is 4. The van der Waals surface area contributed by atoms with Crippen LogP contribution in [0.25, 0.3) is 10.4 Å². The molecule has 0 bridgehead atoms. The first-order valence-corrected chi connectivity index (χ1v) is 4.38. The van der Waals surface area contributed by atoms with Crippen LogP contribution in [0.5, 0.6) is 0 Å². The molecule has 0 unspecified atom stereocenters. The summed E-state index contributed by atoms with van der Waals surface area (Å²) in [6.07, 6.45) is 3.34. The van der Waals surface area contributed by atoms with Crippen LogP contribution in [-0.4, -0.2) is 25.2 Å². The lowest BCUT2D eigenvalue weighted by atomic mass is 9.93. The predicted octanol–water partition coefficient (Wildman–Crippen LogP) is 1.15. The standard InChI is InChI=1S/C7H13N5O/c8-12-10-5-4-9-7(13)11-6-2-1-3-6/h6H,1-5H2,(H2,9,11,13). The molecule has 1 aliphatic carbocycles. The van der Waals surface area contributed by atoms with Crippen molar-refractivity contribution in [2.75, 3.05) is 13.1 Å². The van der Waals surface area contributed by atoms with Crippen LogP contribution in [0.2, 0.25) is 0 Å². The van der Waals surface area contributed by atoms with E-state index < -0.39 is 0 Å². The molecule has 2 N–H and O–H groups in total. The summed E-state index contributed by atoms with van der Waals surface area (Å²) in [5.41, 5.74) is 7.95. The second-order valence-electron chi connectivity index (χ2n) is 2.98. The smallest absolute Gasteiger partial charge is 0.315 e. The molecule has 0 aromatic carbocycles. The fraction of sp³-hybridized carbons (Fsp3) is 0.857. The van der Waals surface area contributed by atoms with E-state index in [0.29, 0.717) is 19.1 Å². The highest BCUT2D eigenvalue weighted by molar-refractivity contribution is 5.74. The number of nitrogens with zero attached hydrogens (tertiary/aromatic N) is 3. The molecule has 1 aliphatic rings. The maximum atomic E-state index is 11.1. The average molecular weight is 183 g/mol. The van der Waals surface area contributed by atoms with Gasteiger partial charge in [0.15, 0.2) is 0 Å². The van der Waals surface area contributed by atoms with E-state index in [1.807, 2.05) is 0 Å². The van der Waals surface area contributed by atoms with Crippen molar-refractivity contribution in [3.63, 3.8) is 0 Å². The van der Waals surface area contributed by atoms with Crippen molar-refractivity contribution < 1.29 is 4.79 Å². The SMILES string of the molecule is [N-]=[N+]=NCCNC(=O)NC1CCC1. The minimum absolute atomic E-state index is 0.169. The van der Waals surface area contributed by atoms with Crippen molar-refractivity contribution in [2.45, 2.75) is 25.3 Å². The van der Waals surface area contributed by atoms with Gasteiger partial charge >= 0.3 is 6.03 Å². The first-order valence-electron chi connectivity index (χ1n) is 4.38. The number of urea groups is 1. The molecule has 0 spiro atoms. The number of nitrogens with one attached hydrogen (secondary N) is 2. The molecule has 0 aliphatic heterocycles. The van der Waals surface area contributed by atoms with Crippen molar-refractivity contribution in [1.29, 1.82) is 0 Å². The molecule has 72 valence electrons. The van der Waals surface area contributed by atoms with E-state index in [1.54, 1.807) is 0 Å². The molecule has 6 heteroatoms. The maximum absolute atomic E-state index is 11.1. The molecule has 0 radical (unpaired) electrons. The normalized spacial score (nSPS) is 15.4. The fourth-order valence-corrected chi connectivity index (χ4v) is 1.05. The van der Waals surface area contributed by atoms with Gasteiger partial charge in [0.25, 0.3) is 0 Å². The third kappa shape index (κ3) is 3.66. The maximum Gasteiger partial charge on any atom is 0.315 e. The Morgan fingerprint density at radius 3 is 2.92 bits per heavy atom. The van der Waals surface area contributed by atoms with Crippen LogP contribution in [0.3, 0.4) is 0 Å². The Hall–Kier alpha value is -1.42. The molecule has 0 heterocycles. The molecule has 2 amide bonds. The van der Waals surface area contributed by atoms with Gasteiger partial charge in [0.05, 0.1) is 0 Å². The Morgan fingerprint density at radius 2 is 2.38 bits per heavy atom. The van der Waals surface area contributed by atoms with E-state index in [2.05, 4.69) is 20.7 Å². The van der Waals surface area contributed by atoms with E-state index in [-0.39, 0.29) is 6.03 Å². The molecule has 0 aromatic rings. The third-order valence-corrected chi connectivity index (χ3v) is 2.00. The first kappa shape index (κ1) is 9.67. The number of azide groups is 1. The van der Waals surface area contributed by atoms with Gasteiger partial charge in [-0.25, -0.2) is 4.79 Å². The molecule has 1 fully saturated rings. The Bertz CT molecular complexity index is 219. The summed E-state index contributed by atoms with van der Waals surface area (Å²) in [5.74, 6) is 0. The molecule has 0 saturated heterocycles. The van der Waals surface area contributed by atoms with Gasteiger partial charge in [0, 0.05) is 24.0 Å². The summed E-state index contributed by atoms with van der Waals surface area (Å²) in [5, 5.41) is 8.71. The van der Waals surface area contributed by atoms with Gasteiger partial charge in [-0.3, -0.25) is 0 Å². The number of carbonyl (C=O) groups is 1. The zero-order valence-electron chi connectivity index (χ0n) is 7.36. The highest BCUT2D eigenvalue weighted by Crippen LogP contribution is 2.17. The summed E-state index contributed by atoms with van der Waals surface area (Å²) >= 11 is 0. The molecule has 1 saturated carbocycles. The molecule has 13 heavy (non-hydrogen) atoms. The van der Waals surface area contributed by atoms with E-state index in [9.17, 15) is 4.79 Å². The van der Waals surface area contributed by atoms with Crippen LogP contribution in [0, 0.1) is 0 Å². The van der Waals surface area contributed by atoms with Crippen LogP contribution >= 0.6 is 0 Å². The van der Waals surface area contributed by atoms with E-state index in [0.717, 1.165) is 12.8 Å². The summed E-state index contributed by atoms with van der Waals surface area (Å²) in [6, 6.07) is 0.178. The Labute approximate surface area is 76.3 Å². The van der Waals surface area contributed by atoms with E-state index >= 15 is 0 Å². The number of carbonyl (C=O) groups excluding carboxylic acids is 1. The van der Waals surface area contributed by atoms with Crippen molar-refractivity contribution in [3.05, 3.63) is 10.4 Å². The van der Waals surface area contributed by atoms with E-state index in [1.165, 1.54) is 6.42 Å². The topological polar surface area (TPSA) is 89.9 Å². The van der Waals surface area contributed by atoms with Gasteiger partial charge in [-0.15, -0.1) is 0 Å². The zero-order chi connectivity index (χ0) is 9.52. The summed E-state index contributed by atoms with van der Waals surface area (Å²) in [6.45, 7) is 0.692. The molecular weight excluding hydrogens is 170 g/mol. The Morgan fingerprint density at radius 1 is 1.62 bits per heavy atom. The Balaban J connectivity index is 1.99. The number of amides is 2. The predicted molar refractivity (Wildman–Crippen MR) is 48.2 cm³/mol. The minimum Gasteiger partial charge on any atom is -0.338 e. The van der Waals surface area contributed by atoms with Crippen LogP contribution < -0.4 is 10.6 Å². The number of hydrogen-bond donors (Lipinski definition) is 2. The van der Waals surface area contributed by atoms with Crippen LogP contribution in [-0.2, 0) is 0 Å². The highest BCUT2D eigenvalue weighted by Gasteiger charge is 2.18. The monoisotopic (exact) mass is 183 g/mol. The fourth-order valence-electron chi connectivity index (χ4n) is 1.05. The lowest BCUT2D eigenvalue weighted by molar-refractivity contribution is 0.228. The molecule has 0 aromatic heterocycles. The molecular formula is C7H13N5O. The largest absolute Gasteiger partial charge is 0.338 e. The highest BCUT2D eigenvalue weighted by atomic mass is 16.2. The minimum atomic E-state index is -0.169. The number of hydrogen-bond acceptors (Lipinski definition) is 2. The summed E-state index contributed by atoms with van der Waals surface area (Å²) < 4.78 is 0. The van der Waals surface area contributed by atoms with Crippen LogP contribution in [0.15, 0.2) is 5.11 Å².